The Morgan fingerprint density at radius 1 is 1.30 bits per heavy atom. The second-order valence-corrected chi connectivity index (χ2v) is 6.61. The Hall–Kier alpha value is -1.88. The number of piperidine rings is 1. The lowest BCUT2D eigenvalue weighted by atomic mass is 9.83. The number of benzene rings is 1. The number of likely N-dealkylation sites (tertiary alicyclic amines) is 1. The normalized spacial score (nSPS) is 28.1. The first-order valence-corrected chi connectivity index (χ1v) is 8.23. The van der Waals surface area contributed by atoms with Gasteiger partial charge in [0.1, 0.15) is 0 Å². The van der Waals surface area contributed by atoms with Crippen molar-refractivity contribution in [2.24, 2.45) is 11.8 Å². The van der Waals surface area contributed by atoms with Gasteiger partial charge in [0, 0.05) is 25.5 Å². The van der Waals surface area contributed by atoms with Crippen LogP contribution in [0.15, 0.2) is 24.3 Å². The molecule has 5 heteroatoms. The number of ether oxygens (including phenoxy) is 1. The van der Waals surface area contributed by atoms with Crippen molar-refractivity contribution >= 4 is 11.9 Å². The summed E-state index contributed by atoms with van der Waals surface area (Å²) in [4.78, 5) is 26.0. The molecule has 124 valence electrons. The number of carbonyl (C=O) groups excluding carboxylic acids is 1. The molecule has 2 fully saturated rings. The van der Waals surface area contributed by atoms with Crippen LogP contribution in [0.4, 0.5) is 0 Å². The Morgan fingerprint density at radius 3 is 2.65 bits per heavy atom. The summed E-state index contributed by atoms with van der Waals surface area (Å²) in [5.74, 6) is -1.01. The van der Waals surface area contributed by atoms with E-state index in [-0.39, 0.29) is 11.9 Å². The molecule has 1 amide bonds. The zero-order valence-corrected chi connectivity index (χ0v) is 13.4. The third-order valence-electron chi connectivity index (χ3n) is 4.92. The fourth-order valence-electron chi connectivity index (χ4n) is 3.61. The zero-order chi connectivity index (χ0) is 16.4. The van der Waals surface area contributed by atoms with E-state index in [0.29, 0.717) is 31.9 Å². The summed E-state index contributed by atoms with van der Waals surface area (Å²) in [5, 5.41) is 9.63. The van der Waals surface area contributed by atoms with Crippen LogP contribution in [-0.4, -0.2) is 41.6 Å². The van der Waals surface area contributed by atoms with Crippen LogP contribution in [0.3, 0.4) is 0 Å². The number of hydrogen-bond acceptors (Lipinski definition) is 3. The molecule has 0 bridgehead atoms. The van der Waals surface area contributed by atoms with E-state index in [2.05, 4.69) is 0 Å². The van der Waals surface area contributed by atoms with Crippen molar-refractivity contribution in [3.63, 3.8) is 0 Å². The van der Waals surface area contributed by atoms with Gasteiger partial charge in [0.15, 0.2) is 0 Å². The summed E-state index contributed by atoms with van der Waals surface area (Å²) in [6, 6.07) is 7.48. The number of carboxylic acid groups (broad SMARTS) is 1. The summed E-state index contributed by atoms with van der Waals surface area (Å²) in [6.07, 6.45) is 1.65. The molecule has 5 nitrogen and oxygen atoms in total. The lowest BCUT2D eigenvalue weighted by Gasteiger charge is -2.41. The highest BCUT2D eigenvalue weighted by Crippen LogP contribution is 2.38. The number of nitrogens with zero attached hydrogens (tertiary/aromatic N) is 1. The summed E-state index contributed by atoms with van der Waals surface area (Å²) >= 11 is 0. The van der Waals surface area contributed by atoms with Crippen LogP contribution in [-0.2, 0) is 14.3 Å². The number of aliphatic carboxylic acids is 1. The molecule has 0 aromatic heterocycles. The van der Waals surface area contributed by atoms with Gasteiger partial charge in [0.05, 0.1) is 18.6 Å². The number of hydrogen-bond donors (Lipinski definition) is 1. The molecular weight excluding hydrogens is 294 g/mol. The van der Waals surface area contributed by atoms with Crippen LogP contribution in [0.2, 0.25) is 0 Å². The lowest BCUT2D eigenvalue weighted by Crippen LogP contribution is -2.47. The van der Waals surface area contributed by atoms with Crippen molar-refractivity contribution in [1.82, 2.24) is 4.90 Å². The Kier molecular flexibility index (Phi) is 4.66. The molecule has 2 aliphatic heterocycles. The monoisotopic (exact) mass is 317 g/mol. The zero-order valence-electron chi connectivity index (χ0n) is 13.4. The van der Waals surface area contributed by atoms with Crippen molar-refractivity contribution < 1.29 is 19.4 Å². The first-order chi connectivity index (χ1) is 11.1. The standard InChI is InChI=1S/C18H23NO4/c1-12-2-4-14(5-3-12)17-15(18(21)22)6-7-16(20)19(17)10-13-8-9-23-11-13/h2-5,13,15,17H,6-11H2,1H3,(H,21,22). The second-order valence-electron chi connectivity index (χ2n) is 6.61. The Labute approximate surface area is 136 Å². The minimum absolute atomic E-state index is 0.0555. The van der Waals surface area contributed by atoms with E-state index in [1.54, 1.807) is 4.90 Å². The molecule has 0 aliphatic carbocycles. The van der Waals surface area contributed by atoms with Gasteiger partial charge in [-0.2, -0.15) is 0 Å². The summed E-state index contributed by atoms with van der Waals surface area (Å²) in [7, 11) is 0. The number of rotatable bonds is 4. The van der Waals surface area contributed by atoms with E-state index in [1.165, 1.54) is 0 Å². The molecule has 3 unspecified atom stereocenters. The Bertz CT molecular complexity index is 577. The molecular formula is C18H23NO4. The first kappa shape index (κ1) is 16.0. The maximum atomic E-state index is 12.5. The molecule has 0 radical (unpaired) electrons. The number of carbonyl (C=O) groups is 2. The summed E-state index contributed by atoms with van der Waals surface area (Å²) < 4.78 is 5.41. The van der Waals surface area contributed by atoms with Gasteiger partial charge >= 0.3 is 5.97 Å². The molecule has 2 aliphatic rings. The first-order valence-electron chi connectivity index (χ1n) is 8.23. The van der Waals surface area contributed by atoms with Gasteiger partial charge < -0.3 is 14.7 Å². The van der Waals surface area contributed by atoms with Crippen molar-refractivity contribution in [2.75, 3.05) is 19.8 Å². The Morgan fingerprint density at radius 2 is 2.04 bits per heavy atom. The third-order valence-corrected chi connectivity index (χ3v) is 4.92. The van der Waals surface area contributed by atoms with Gasteiger partial charge in [-0.15, -0.1) is 0 Å². The molecule has 1 aromatic carbocycles. The lowest BCUT2D eigenvalue weighted by molar-refractivity contribution is -0.152. The van der Waals surface area contributed by atoms with Crippen molar-refractivity contribution in [3.8, 4) is 0 Å². The fourth-order valence-corrected chi connectivity index (χ4v) is 3.61. The molecule has 2 heterocycles. The largest absolute Gasteiger partial charge is 0.481 e. The van der Waals surface area contributed by atoms with Crippen molar-refractivity contribution in [2.45, 2.75) is 32.2 Å². The SMILES string of the molecule is Cc1ccc(C2C(C(=O)O)CCC(=O)N2CC2CCOC2)cc1. The van der Waals surface area contributed by atoms with Gasteiger partial charge in [-0.1, -0.05) is 29.8 Å². The highest BCUT2D eigenvalue weighted by atomic mass is 16.5. The van der Waals surface area contributed by atoms with Crippen LogP contribution in [0.5, 0.6) is 0 Å². The van der Waals surface area contributed by atoms with Crippen LogP contribution in [0, 0.1) is 18.8 Å². The van der Waals surface area contributed by atoms with Gasteiger partial charge in [-0.05, 0) is 25.3 Å². The number of carboxylic acids is 1. The summed E-state index contributed by atoms with van der Waals surface area (Å²) in [6.45, 7) is 3.96. The van der Waals surface area contributed by atoms with E-state index < -0.39 is 11.9 Å². The molecule has 0 saturated carbocycles. The summed E-state index contributed by atoms with van der Waals surface area (Å²) in [5.41, 5.74) is 2.04. The maximum absolute atomic E-state index is 12.5. The fraction of sp³-hybridized carbons (Fsp3) is 0.556. The average molecular weight is 317 g/mol. The van der Waals surface area contributed by atoms with Gasteiger partial charge in [-0.25, -0.2) is 0 Å². The second kappa shape index (κ2) is 6.71. The quantitative estimate of drug-likeness (QED) is 0.926. The number of amides is 1. The average Bonchev–Trinajstić information content (AvgIpc) is 3.03. The molecule has 1 aromatic rings. The topological polar surface area (TPSA) is 66.8 Å². The van der Waals surface area contributed by atoms with Crippen LogP contribution >= 0.6 is 0 Å². The van der Waals surface area contributed by atoms with Crippen molar-refractivity contribution in [1.29, 1.82) is 0 Å². The van der Waals surface area contributed by atoms with E-state index in [4.69, 9.17) is 4.74 Å². The number of aryl methyl sites for hydroxylation is 1. The van der Waals surface area contributed by atoms with E-state index in [0.717, 1.165) is 24.2 Å². The minimum atomic E-state index is -0.823. The van der Waals surface area contributed by atoms with Crippen LogP contribution in [0.25, 0.3) is 0 Å². The molecule has 0 spiro atoms. The van der Waals surface area contributed by atoms with Gasteiger partial charge in [-0.3, -0.25) is 9.59 Å². The predicted molar refractivity (Wildman–Crippen MR) is 84.9 cm³/mol. The van der Waals surface area contributed by atoms with Crippen LogP contribution < -0.4 is 0 Å². The third kappa shape index (κ3) is 3.39. The molecule has 3 atom stereocenters. The van der Waals surface area contributed by atoms with E-state index in [9.17, 15) is 14.7 Å². The van der Waals surface area contributed by atoms with Gasteiger partial charge in [0.25, 0.3) is 0 Å². The molecule has 23 heavy (non-hydrogen) atoms. The smallest absolute Gasteiger partial charge is 0.308 e. The maximum Gasteiger partial charge on any atom is 0.308 e. The van der Waals surface area contributed by atoms with Crippen LogP contribution in [0.1, 0.15) is 36.4 Å². The minimum Gasteiger partial charge on any atom is -0.481 e. The molecule has 1 N–H and O–H groups in total. The molecule has 3 rings (SSSR count). The van der Waals surface area contributed by atoms with Gasteiger partial charge in [0.2, 0.25) is 5.91 Å². The van der Waals surface area contributed by atoms with Crippen molar-refractivity contribution in [3.05, 3.63) is 35.4 Å². The predicted octanol–water partition coefficient (Wildman–Crippen LogP) is 2.40. The highest BCUT2D eigenvalue weighted by molar-refractivity contribution is 5.81. The highest BCUT2D eigenvalue weighted by Gasteiger charge is 2.41. The molecule has 2 saturated heterocycles. The Balaban J connectivity index is 1.91. The van der Waals surface area contributed by atoms with E-state index >= 15 is 0 Å². The van der Waals surface area contributed by atoms with E-state index in [1.807, 2.05) is 31.2 Å².